The van der Waals surface area contributed by atoms with Crippen LogP contribution in [0.1, 0.15) is 44.9 Å². The van der Waals surface area contributed by atoms with E-state index in [0.717, 1.165) is 15.8 Å². The Morgan fingerprint density at radius 3 is 2.54 bits per heavy atom. The van der Waals surface area contributed by atoms with Gasteiger partial charge in [-0.3, -0.25) is 4.79 Å². The van der Waals surface area contributed by atoms with Crippen LogP contribution in [0.2, 0.25) is 0 Å². The minimum Gasteiger partial charge on any atom is -0.486 e. The molecule has 0 bridgehead atoms. The third-order valence-electron chi connectivity index (χ3n) is 4.60. The van der Waals surface area contributed by atoms with Crippen LogP contribution in [0.25, 0.3) is 0 Å². The molecule has 5 nitrogen and oxygen atoms in total. The molecule has 1 N–H and O–H groups in total. The summed E-state index contributed by atoms with van der Waals surface area (Å²) in [4.78, 5) is 12.3. The average Bonchev–Trinajstić information content (AvgIpc) is 2.65. The summed E-state index contributed by atoms with van der Waals surface area (Å²) in [7, 11) is 0. The number of carbonyl (C=O) groups excluding carboxylic acids is 1. The van der Waals surface area contributed by atoms with Gasteiger partial charge in [-0.15, -0.1) is 0 Å². The van der Waals surface area contributed by atoms with Gasteiger partial charge in [-0.2, -0.15) is 0 Å². The lowest BCUT2D eigenvalue weighted by Crippen LogP contribution is -2.31. The van der Waals surface area contributed by atoms with Crippen molar-refractivity contribution >= 4 is 21.8 Å². The van der Waals surface area contributed by atoms with Crippen LogP contribution < -0.4 is 19.5 Å². The largest absolute Gasteiger partial charge is 0.486 e. The zero-order valence-corrected chi connectivity index (χ0v) is 18.3. The molecule has 1 amide bonds. The molecule has 0 saturated carbocycles. The minimum absolute atomic E-state index is 0.0531. The van der Waals surface area contributed by atoms with E-state index in [2.05, 4.69) is 42.0 Å². The Labute approximate surface area is 174 Å². The third-order valence-corrected chi connectivity index (χ3v) is 5.22. The van der Waals surface area contributed by atoms with Crippen LogP contribution in [0.3, 0.4) is 0 Å². The molecular weight excluding hydrogens is 422 g/mol. The third kappa shape index (κ3) is 4.98. The van der Waals surface area contributed by atoms with E-state index in [-0.39, 0.29) is 24.0 Å². The Kier molecular flexibility index (Phi) is 6.18. The maximum absolute atomic E-state index is 12.3. The lowest BCUT2D eigenvalue weighted by atomic mass is 9.87. The highest BCUT2D eigenvalue weighted by atomic mass is 79.9. The first-order valence-electron chi connectivity index (χ1n) is 9.36. The van der Waals surface area contributed by atoms with E-state index < -0.39 is 0 Å². The lowest BCUT2D eigenvalue weighted by Gasteiger charge is -2.21. The van der Waals surface area contributed by atoms with Crippen molar-refractivity contribution in [3.63, 3.8) is 0 Å². The Bertz CT molecular complexity index is 860. The quantitative estimate of drug-likeness (QED) is 0.716. The van der Waals surface area contributed by atoms with Crippen LogP contribution in [0, 0.1) is 0 Å². The average molecular weight is 448 g/mol. The van der Waals surface area contributed by atoms with Crippen molar-refractivity contribution < 1.29 is 19.0 Å². The van der Waals surface area contributed by atoms with E-state index in [1.54, 1.807) is 0 Å². The van der Waals surface area contributed by atoms with Gasteiger partial charge in [-0.1, -0.05) is 32.9 Å². The molecule has 6 heteroatoms. The van der Waals surface area contributed by atoms with Crippen LogP contribution in [-0.2, 0) is 10.2 Å². The number of rotatable bonds is 5. The predicted molar refractivity (Wildman–Crippen MR) is 112 cm³/mol. The van der Waals surface area contributed by atoms with Crippen molar-refractivity contribution in [3.05, 3.63) is 52.0 Å². The molecule has 1 heterocycles. The predicted octanol–water partition coefficient (Wildman–Crippen LogP) is 4.77. The Hall–Kier alpha value is -2.21. The number of nitrogens with one attached hydrogen (secondary N) is 1. The molecule has 0 aromatic heterocycles. The second-order valence-electron chi connectivity index (χ2n) is 7.88. The van der Waals surface area contributed by atoms with Gasteiger partial charge in [-0.25, -0.2) is 0 Å². The first-order chi connectivity index (χ1) is 13.2. The topological polar surface area (TPSA) is 56.8 Å². The fourth-order valence-electron chi connectivity index (χ4n) is 2.92. The van der Waals surface area contributed by atoms with Crippen LogP contribution in [0.5, 0.6) is 17.2 Å². The highest BCUT2D eigenvalue weighted by Gasteiger charge is 2.18. The van der Waals surface area contributed by atoms with Crippen LogP contribution in [-0.4, -0.2) is 25.7 Å². The molecule has 0 unspecified atom stereocenters. The maximum Gasteiger partial charge on any atom is 0.258 e. The highest BCUT2D eigenvalue weighted by molar-refractivity contribution is 9.10. The number of carbonyl (C=O) groups is 1. The van der Waals surface area contributed by atoms with E-state index in [4.69, 9.17) is 14.2 Å². The van der Waals surface area contributed by atoms with E-state index in [0.29, 0.717) is 24.7 Å². The summed E-state index contributed by atoms with van der Waals surface area (Å²) in [5, 5.41) is 2.95. The van der Waals surface area contributed by atoms with E-state index in [1.807, 2.05) is 43.3 Å². The molecule has 2 aromatic rings. The van der Waals surface area contributed by atoms with Gasteiger partial charge in [0.15, 0.2) is 18.1 Å². The lowest BCUT2D eigenvalue weighted by molar-refractivity contribution is -0.123. The van der Waals surface area contributed by atoms with E-state index in [1.165, 1.54) is 5.56 Å². The summed E-state index contributed by atoms with van der Waals surface area (Å²) in [6, 6.07) is 11.5. The van der Waals surface area contributed by atoms with Crippen LogP contribution >= 0.6 is 15.9 Å². The van der Waals surface area contributed by atoms with E-state index >= 15 is 0 Å². The maximum atomic E-state index is 12.3. The van der Waals surface area contributed by atoms with Gasteiger partial charge in [0, 0.05) is 0 Å². The number of amides is 1. The molecule has 0 saturated heterocycles. The number of ether oxygens (including phenoxy) is 3. The van der Waals surface area contributed by atoms with Crippen LogP contribution in [0.15, 0.2) is 40.9 Å². The second kappa shape index (κ2) is 8.43. The fourth-order valence-corrected chi connectivity index (χ4v) is 3.42. The first-order valence-corrected chi connectivity index (χ1v) is 10.1. The molecule has 1 aliphatic rings. The van der Waals surface area contributed by atoms with Gasteiger partial charge in [0.05, 0.1) is 10.5 Å². The fraction of sp³-hybridized carbons (Fsp3) is 0.409. The first kappa shape index (κ1) is 20.5. The zero-order valence-electron chi connectivity index (χ0n) is 16.7. The SMILES string of the molecule is C[C@H](NC(=O)COc1ccc(C(C)(C)C)cc1Br)c1ccc2c(c1)OCCO2. The monoisotopic (exact) mass is 447 g/mol. The molecule has 28 heavy (non-hydrogen) atoms. The van der Waals surface area contributed by atoms with Gasteiger partial charge >= 0.3 is 0 Å². The van der Waals surface area contributed by atoms with Gasteiger partial charge in [-0.05, 0) is 63.7 Å². The van der Waals surface area contributed by atoms with Crippen molar-refractivity contribution in [1.82, 2.24) is 5.32 Å². The standard InChI is InChI=1S/C22H26BrNO4/c1-14(15-5-7-19-20(11-15)27-10-9-26-19)24-21(25)13-28-18-8-6-16(12-17(18)23)22(2,3)4/h5-8,11-12,14H,9-10,13H2,1-4H3,(H,24,25)/t14-/m0/s1. The molecule has 2 aromatic carbocycles. The van der Waals surface area contributed by atoms with Crippen molar-refractivity contribution in [3.8, 4) is 17.2 Å². The molecule has 0 radical (unpaired) electrons. The molecule has 3 rings (SSSR count). The number of hydrogen-bond donors (Lipinski definition) is 1. The number of benzene rings is 2. The van der Waals surface area contributed by atoms with Gasteiger partial charge in [0.25, 0.3) is 5.91 Å². The normalized spacial score (nSPS) is 14.3. The molecule has 150 valence electrons. The highest BCUT2D eigenvalue weighted by Crippen LogP contribution is 2.33. The summed E-state index contributed by atoms with van der Waals surface area (Å²) in [6.45, 7) is 9.43. The molecule has 0 fully saturated rings. The molecule has 0 spiro atoms. The van der Waals surface area contributed by atoms with Crippen molar-refractivity contribution in [2.75, 3.05) is 19.8 Å². The van der Waals surface area contributed by atoms with Gasteiger partial charge in [0.1, 0.15) is 19.0 Å². The zero-order chi connectivity index (χ0) is 20.3. The molecular formula is C22H26BrNO4. The Morgan fingerprint density at radius 1 is 1.14 bits per heavy atom. The summed E-state index contributed by atoms with van der Waals surface area (Å²) < 4.78 is 17.7. The Balaban J connectivity index is 1.57. The summed E-state index contributed by atoms with van der Waals surface area (Å²) >= 11 is 3.53. The van der Waals surface area contributed by atoms with Crippen LogP contribution in [0.4, 0.5) is 0 Å². The van der Waals surface area contributed by atoms with Crippen molar-refractivity contribution in [2.45, 2.75) is 39.2 Å². The number of halogens is 1. The summed E-state index contributed by atoms with van der Waals surface area (Å²) in [5.41, 5.74) is 2.20. The summed E-state index contributed by atoms with van der Waals surface area (Å²) in [5.74, 6) is 1.91. The smallest absolute Gasteiger partial charge is 0.258 e. The van der Waals surface area contributed by atoms with Crippen molar-refractivity contribution in [1.29, 1.82) is 0 Å². The van der Waals surface area contributed by atoms with E-state index in [9.17, 15) is 4.79 Å². The minimum atomic E-state index is -0.186. The second-order valence-corrected chi connectivity index (χ2v) is 8.73. The Morgan fingerprint density at radius 2 is 1.86 bits per heavy atom. The summed E-state index contributed by atoms with van der Waals surface area (Å²) in [6.07, 6.45) is 0. The molecule has 1 aliphatic heterocycles. The van der Waals surface area contributed by atoms with Gasteiger partial charge in [0.2, 0.25) is 0 Å². The molecule has 1 atom stereocenters. The van der Waals surface area contributed by atoms with Gasteiger partial charge < -0.3 is 19.5 Å². The number of hydrogen-bond acceptors (Lipinski definition) is 4. The number of fused-ring (bicyclic) bond motifs is 1. The van der Waals surface area contributed by atoms with Crippen molar-refractivity contribution in [2.24, 2.45) is 0 Å². The molecule has 0 aliphatic carbocycles.